The zero-order valence-corrected chi connectivity index (χ0v) is 14.2. The first-order valence-corrected chi connectivity index (χ1v) is 9.77. The Hall–Kier alpha value is -2.08. The topological polar surface area (TPSA) is 116 Å². The molecule has 0 fully saturated rings. The van der Waals surface area contributed by atoms with E-state index >= 15 is 0 Å². The van der Waals surface area contributed by atoms with Crippen LogP contribution >= 0.6 is 0 Å². The molecule has 0 aliphatic carbocycles. The van der Waals surface area contributed by atoms with Gasteiger partial charge in [-0.3, -0.25) is 0 Å². The van der Waals surface area contributed by atoms with E-state index in [1.165, 1.54) is 24.3 Å². The van der Waals surface area contributed by atoms with Gasteiger partial charge in [0.05, 0.1) is 9.79 Å². The van der Waals surface area contributed by atoms with Crippen LogP contribution in [0.2, 0.25) is 0 Å². The number of hydrogen-bond donors (Lipinski definition) is 2. The number of benzene rings is 2. The molecular formula is C14H14F2N2O5S2. The van der Waals surface area contributed by atoms with Gasteiger partial charge in [0.15, 0.2) is 0 Å². The van der Waals surface area contributed by atoms with E-state index < -0.39 is 26.7 Å². The highest BCUT2D eigenvalue weighted by molar-refractivity contribution is 7.89. The number of rotatable bonds is 7. The third-order valence-electron chi connectivity index (χ3n) is 3.08. The summed E-state index contributed by atoms with van der Waals surface area (Å²) in [6, 6.07) is 9.84. The van der Waals surface area contributed by atoms with Crippen molar-refractivity contribution >= 4 is 20.0 Å². The molecule has 7 nitrogen and oxygen atoms in total. The van der Waals surface area contributed by atoms with Crippen molar-refractivity contribution in [2.24, 2.45) is 5.14 Å². The number of alkyl halides is 2. The zero-order valence-electron chi connectivity index (χ0n) is 12.6. The molecule has 0 saturated heterocycles. The summed E-state index contributed by atoms with van der Waals surface area (Å²) in [6.45, 7) is -3.03. The molecule has 0 aromatic heterocycles. The van der Waals surface area contributed by atoms with Gasteiger partial charge in [-0.15, -0.1) is 0 Å². The minimum Gasteiger partial charge on any atom is -0.435 e. The minimum atomic E-state index is -3.91. The minimum absolute atomic E-state index is 0.0415. The molecule has 0 amide bonds. The fraction of sp³-hybridized carbons (Fsp3) is 0.143. The second kappa shape index (κ2) is 7.44. The van der Waals surface area contributed by atoms with Crippen molar-refractivity contribution in [1.29, 1.82) is 0 Å². The lowest BCUT2D eigenvalue weighted by molar-refractivity contribution is -0.0498. The van der Waals surface area contributed by atoms with E-state index in [-0.39, 0.29) is 22.1 Å². The molecule has 2 aromatic carbocycles. The van der Waals surface area contributed by atoms with E-state index in [4.69, 9.17) is 5.14 Å². The van der Waals surface area contributed by atoms with Gasteiger partial charge >= 0.3 is 6.61 Å². The standard InChI is InChI=1S/C14H14F2N2O5S2/c15-14(16)23-11-3-1-10(2-4-11)9-18-25(21,22)13-7-5-12(6-8-13)24(17,19)20/h1-8,14,18H,9H2,(H2,17,19,20). The molecule has 136 valence electrons. The van der Waals surface area contributed by atoms with Crippen LogP contribution in [0.15, 0.2) is 58.3 Å². The largest absolute Gasteiger partial charge is 0.435 e. The van der Waals surface area contributed by atoms with Crippen LogP contribution in [0.5, 0.6) is 5.75 Å². The van der Waals surface area contributed by atoms with Crippen LogP contribution in [-0.4, -0.2) is 23.4 Å². The van der Waals surface area contributed by atoms with Crippen molar-refractivity contribution in [3.63, 3.8) is 0 Å². The van der Waals surface area contributed by atoms with Crippen LogP contribution < -0.4 is 14.6 Å². The quantitative estimate of drug-likeness (QED) is 0.739. The van der Waals surface area contributed by atoms with Crippen molar-refractivity contribution in [3.8, 4) is 5.75 Å². The second-order valence-corrected chi connectivity index (χ2v) is 8.19. The van der Waals surface area contributed by atoms with Crippen molar-refractivity contribution in [3.05, 3.63) is 54.1 Å². The van der Waals surface area contributed by atoms with Crippen LogP contribution in [0.25, 0.3) is 0 Å². The van der Waals surface area contributed by atoms with Gasteiger partial charge in [0.1, 0.15) is 5.75 Å². The van der Waals surface area contributed by atoms with Gasteiger partial charge < -0.3 is 4.74 Å². The Kier molecular flexibility index (Phi) is 5.72. The van der Waals surface area contributed by atoms with Crippen molar-refractivity contribution < 1.29 is 30.4 Å². The molecule has 0 aliphatic rings. The molecule has 0 bridgehead atoms. The molecule has 0 radical (unpaired) electrons. The van der Waals surface area contributed by atoms with Crippen LogP contribution in [0.3, 0.4) is 0 Å². The number of primary sulfonamides is 1. The Labute approximate surface area is 143 Å². The lowest BCUT2D eigenvalue weighted by Gasteiger charge is -2.09. The predicted molar refractivity (Wildman–Crippen MR) is 84.9 cm³/mol. The highest BCUT2D eigenvalue weighted by Crippen LogP contribution is 2.16. The van der Waals surface area contributed by atoms with Gasteiger partial charge in [-0.2, -0.15) is 8.78 Å². The van der Waals surface area contributed by atoms with E-state index in [0.29, 0.717) is 5.56 Å². The molecule has 0 atom stereocenters. The van der Waals surface area contributed by atoms with Gasteiger partial charge in [-0.25, -0.2) is 26.7 Å². The maximum absolute atomic E-state index is 12.2. The number of halogens is 2. The third kappa shape index (κ3) is 5.46. The first-order chi connectivity index (χ1) is 11.6. The molecule has 2 aromatic rings. The molecule has 0 spiro atoms. The Morgan fingerprint density at radius 1 is 0.920 bits per heavy atom. The first kappa shape index (κ1) is 19.2. The van der Waals surface area contributed by atoms with Gasteiger partial charge in [0, 0.05) is 6.54 Å². The highest BCUT2D eigenvalue weighted by Gasteiger charge is 2.15. The summed E-state index contributed by atoms with van der Waals surface area (Å²) in [5.41, 5.74) is 0.520. The Balaban J connectivity index is 2.06. The highest BCUT2D eigenvalue weighted by atomic mass is 32.2. The maximum atomic E-state index is 12.2. The van der Waals surface area contributed by atoms with Crippen molar-refractivity contribution in [2.45, 2.75) is 22.9 Å². The summed E-state index contributed by atoms with van der Waals surface area (Å²) in [5.74, 6) is -0.0415. The lowest BCUT2D eigenvalue weighted by atomic mass is 10.2. The van der Waals surface area contributed by atoms with Gasteiger partial charge in [0.25, 0.3) is 0 Å². The van der Waals surface area contributed by atoms with Crippen molar-refractivity contribution in [1.82, 2.24) is 4.72 Å². The lowest BCUT2D eigenvalue weighted by Crippen LogP contribution is -2.23. The first-order valence-electron chi connectivity index (χ1n) is 6.74. The van der Waals surface area contributed by atoms with E-state index in [1.807, 2.05) is 0 Å². The summed E-state index contributed by atoms with van der Waals surface area (Å²) in [6.07, 6.45) is 0. The third-order valence-corrected chi connectivity index (χ3v) is 5.42. The second-order valence-electron chi connectivity index (χ2n) is 4.86. The summed E-state index contributed by atoms with van der Waals surface area (Å²) < 4.78 is 77.3. The average molecular weight is 392 g/mol. The van der Waals surface area contributed by atoms with E-state index in [2.05, 4.69) is 9.46 Å². The van der Waals surface area contributed by atoms with Gasteiger partial charge in [-0.05, 0) is 42.0 Å². The molecule has 2 rings (SSSR count). The summed E-state index contributed by atoms with van der Waals surface area (Å²) >= 11 is 0. The normalized spacial score (nSPS) is 12.3. The molecule has 0 saturated carbocycles. The molecule has 3 N–H and O–H groups in total. The predicted octanol–water partition coefficient (Wildman–Crippen LogP) is 1.41. The summed E-state index contributed by atoms with van der Waals surface area (Å²) in [4.78, 5) is -0.348. The number of hydrogen-bond acceptors (Lipinski definition) is 5. The Morgan fingerprint density at radius 3 is 1.92 bits per heavy atom. The smallest absolute Gasteiger partial charge is 0.387 e. The molecule has 25 heavy (non-hydrogen) atoms. The van der Waals surface area contributed by atoms with E-state index in [9.17, 15) is 25.6 Å². The fourth-order valence-corrected chi connectivity index (χ4v) is 3.39. The van der Waals surface area contributed by atoms with Crippen LogP contribution in [0.4, 0.5) is 8.78 Å². The number of ether oxygens (including phenoxy) is 1. The number of nitrogens with two attached hydrogens (primary N) is 1. The maximum Gasteiger partial charge on any atom is 0.387 e. The van der Waals surface area contributed by atoms with E-state index in [0.717, 1.165) is 24.3 Å². The average Bonchev–Trinajstić information content (AvgIpc) is 2.53. The Bertz CT molecular complexity index is 928. The summed E-state index contributed by atoms with van der Waals surface area (Å²) in [7, 11) is -7.80. The van der Waals surface area contributed by atoms with E-state index in [1.54, 1.807) is 0 Å². The summed E-state index contributed by atoms with van der Waals surface area (Å²) in [5, 5.41) is 4.94. The molecule has 0 heterocycles. The van der Waals surface area contributed by atoms with Crippen LogP contribution in [0.1, 0.15) is 5.56 Å². The number of sulfonamides is 2. The number of nitrogens with one attached hydrogen (secondary N) is 1. The fourth-order valence-electron chi connectivity index (χ4n) is 1.86. The van der Waals surface area contributed by atoms with Gasteiger partial charge in [-0.1, -0.05) is 12.1 Å². The zero-order chi connectivity index (χ0) is 18.7. The molecule has 0 unspecified atom stereocenters. The van der Waals surface area contributed by atoms with Crippen LogP contribution in [-0.2, 0) is 26.6 Å². The van der Waals surface area contributed by atoms with Gasteiger partial charge in [0.2, 0.25) is 20.0 Å². The van der Waals surface area contributed by atoms with Crippen LogP contribution in [0, 0.1) is 0 Å². The molecule has 11 heteroatoms. The Morgan fingerprint density at radius 2 is 1.44 bits per heavy atom. The SMILES string of the molecule is NS(=O)(=O)c1ccc(S(=O)(=O)NCc2ccc(OC(F)F)cc2)cc1. The molecule has 0 aliphatic heterocycles. The monoisotopic (exact) mass is 392 g/mol. The molecular weight excluding hydrogens is 378 g/mol. The van der Waals surface area contributed by atoms with Crippen molar-refractivity contribution in [2.75, 3.05) is 0 Å².